The van der Waals surface area contributed by atoms with Crippen LogP contribution < -0.4 is 5.32 Å². The molecule has 0 aromatic carbocycles. The van der Waals surface area contributed by atoms with Crippen molar-refractivity contribution in [2.75, 3.05) is 65.4 Å². The van der Waals surface area contributed by atoms with Crippen molar-refractivity contribution in [3.05, 3.63) is 22.4 Å². The van der Waals surface area contributed by atoms with E-state index in [2.05, 4.69) is 15.1 Å². The number of thiophene rings is 1. The predicted octanol–water partition coefficient (Wildman–Crippen LogP) is 0.955. The molecule has 0 atom stereocenters. The summed E-state index contributed by atoms with van der Waals surface area (Å²) in [4.78, 5) is 46.3. The van der Waals surface area contributed by atoms with Gasteiger partial charge in [0.15, 0.2) is 0 Å². The van der Waals surface area contributed by atoms with Crippen LogP contribution in [-0.4, -0.2) is 108 Å². The summed E-state index contributed by atoms with van der Waals surface area (Å²) in [6.07, 6.45) is 0.944. The van der Waals surface area contributed by atoms with Crippen molar-refractivity contribution < 1.29 is 14.4 Å². The van der Waals surface area contributed by atoms with Crippen LogP contribution in [0.15, 0.2) is 17.5 Å². The summed E-state index contributed by atoms with van der Waals surface area (Å²) >= 11 is 1.46. The zero-order valence-electron chi connectivity index (χ0n) is 18.9. The highest BCUT2D eigenvalue weighted by atomic mass is 32.1. The third-order valence-corrected chi connectivity index (χ3v) is 6.43. The molecule has 0 aliphatic carbocycles. The zero-order chi connectivity index (χ0) is 22.4. The maximum absolute atomic E-state index is 12.8. The molecule has 31 heavy (non-hydrogen) atoms. The highest BCUT2D eigenvalue weighted by molar-refractivity contribution is 7.12. The van der Waals surface area contributed by atoms with Gasteiger partial charge in [-0.1, -0.05) is 6.07 Å². The molecule has 0 saturated carbocycles. The topological polar surface area (TPSA) is 76.2 Å². The average Bonchev–Trinajstić information content (AvgIpc) is 3.16. The van der Waals surface area contributed by atoms with Crippen LogP contribution in [-0.2, 0) is 9.59 Å². The highest BCUT2D eigenvalue weighted by Gasteiger charge is 2.27. The van der Waals surface area contributed by atoms with Crippen LogP contribution in [0.1, 0.15) is 36.9 Å². The Morgan fingerprint density at radius 3 is 2.10 bits per heavy atom. The van der Waals surface area contributed by atoms with Gasteiger partial charge in [0.25, 0.3) is 5.91 Å². The minimum absolute atomic E-state index is 0.0481. The van der Waals surface area contributed by atoms with E-state index in [9.17, 15) is 14.4 Å². The molecule has 0 spiro atoms. The number of nitrogens with zero attached hydrogens (tertiary/aromatic N) is 4. The summed E-state index contributed by atoms with van der Waals surface area (Å²) in [6.45, 7) is 12.4. The van der Waals surface area contributed by atoms with Gasteiger partial charge in [-0.05, 0) is 51.7 Å². The standard InChI is InChI=1S/C22H35N5O3S/c1-22(2,3)23-19(28)16-24-7-5-8-25(10-9-24)17-20(29)26-11-13-27(14-12-26)21(30)18-6-4-15-31-18/h4,6,15H,5,7-14,16-17H2,1-3H3,(H,23,28). The second-order valence-corrected chi connectivity index (χ2v) is 10.3. The van der Waals surface area contributed by atoms with Crippen molar-refractivity contribution >= 4 is 29.1 Å². The predicted molar refractivity (Wildman–Crippen MR) is 122 cm³/mol. The van der Waals surface area contributed by atoms with Crippen LogP contribution in [0.2, 0.25) is 0 Å². The first kappa shape index (κ1) is 23.7. The van der Waals surface area contributed by atoms with Gasteiger partial charge in [-0.25, -0.2) is 0 Å². The summed E-state index contributed by atoms with van der Waals surface area (Å²) in [5.41, 5.74) is -0.222. The van der Waals surface area contributed by atoms with Crippen LogP contribution in [0, 0.1) is 0 Å². The first-order valence-corrected chi connectivity index (χ1v) is 12.0. The normalized spacial score (nSPS) is 19.2. The van der Waals surface area contributed by atoms with E-state index in [1.165, 1.54) is 11.3 Å². The molecular formula is C22H35N5O3S. The molecule has 2 aliphatic rings. The molecule has 3 amide bonds. The van der Waals surface area contributed by atoms with E-state index < -0.39 is 0 Å². The Labute approximate surface area is 189 Å². The van der Waals surface area contributed by atoms with Crippen molar-refractivity contribution in [1.29, 1.82) is 0 Å². The SMILES string of the molecule is CC(C)(C)NC(=O)CN1CCCN(CC(=O)N2CCN(C(=O)c3cccs3)CC2)CC1. The van der Waals surface area contributed by atoms with Gasteiger partial charge in [0, 0.05) is 44.8 Å². The van der Waals surface area contributed by atoms with Gasteiger partial charge < -0.3 is 15.1 Å². The molecular weight excluding hydrogens is 414 g/mol. The van der Waals surface area contributed by atoms with Gasteiger partial charge in [-0.2, -0.15) is 0 Å². The molecule has 1 N–H and O–H groups in total. The van der Waals surface area contributed by atoms with Gasteiger partial charge in [0.2, 0.25) is 11.8 Å². The summed E-state index contributed by atoms with van der Waals surface area (Å²) in [5.74, 6) is 0.236. The lowest BCUT2D eigenvalue weighted by Crippen LogP contribution is -2.52. The molecule has 2 saturated heterocycles. The Balaban J connectivity index is 1.40. The Morgan fingerprint density at radius 1 is 0.903 bits per heavy atom. The third-order valence-electron chi connectivity index (χ3n) is 5.57. The van der Waals surface area contributed by atoms with Crippen molar-refractivity contribution in [3.8, 4) is 0 Å². The van der Waals surface area contributed by atoms with Crippen LogP contribution in [0.3, 0.4) is 0 Å². The number of carbonyl (C=O) groups excluding carboxylic acids is 3. The fourth-order valence-electron chi connectivity index (χ4n) is 4.01. The molecule has 3 heterocycles. The molecule has 0 radical (unpaired) electrons. The molecule has 1 aromatic rings. The van der Waals surface area contributed by atoms with Crippen molar-refractivity contribution in [2.45, 2.75) is 32.7 Å². The summed E-state index contributed by atoms with van der Waals surface area (Å²) in [7, 11) is 0. The van der Waals surface area contributed by atoms with Crippen molar-refractivity contribution in [1.82, 2.24) is 24.9 Å². The van der Waals surface area contributed by atoms with Gasteiger partial charge in [-0.3, -0.25) is 24.2 Å². The first-order chi connectivity index (χ1) is 14.7. The number of amides is 3. The summed E-state index contributed by atoms with van der Waals surface area (Å²) in [6, 6.07) is 3.73. The largest absolute Gasteiger partial charge is 0.350 e. The van der Waals surface area contributed by atoms with Gasteiger partial charge in [-0.15, -0.1) is 11.3 Å². The van der Waals surface area contributed by atoms with E-state index in [4.69, 9.17) is 0 Å². The minimum Gasteiger partial charge on any atom is -0.350 e. The molecule has 0 bridgehead atoms. The minimum atomic E-state index is -0.222. The van der Waals surface area contributed by atoms with Crippen LogP contribution >= 0.6 is 11.3 Å². The second kappa shape index (κ2) is 10.6. The van der Waals surface area contributed by atoms with E-state index in [0.717, 1.165) is 37.5 Å². The number of hydrogen-bond donors (Lipinski definition) is 1. The van der Waals surface area contributed by atoms with Crippen LogP contribution in [0.25, 0.3) is 0 Å². The fourth-order valence-corrected chi connectivity index (χ4v) is 4.70. The number of carbonyl (C=O) groups is 3. The van der Waals surface area contributed by atoms with E-state index in [-0.39, 0.29) is 23.3 Å². The first-order valence-electron chi connectivity index (χ1n) is 11.1. The van der Waals surface area contributed by atoms with E-state index in [1.807, 2.05) is 48.1 Å². The smallest absolute Gasteiger partial charge is 0.264 e. The molecule has 8 nitrogen and oxygen atoms in total. The number of piperazine rings is 1. The molecule has 2 aliphatic heterocycles. The Hall–Kier alpha value is -1.97. The van der Waals surface area contributed by atoms with E-state index in [1.54, 1.807) is 0 Å². The van der Waals surface area contributed by atoms with Crippen molar-refractivity contribution in [2.24, 2.45) is 0 Å². The monoisotopic (exact) mass is 449 g/mol. The highest BCUT2D eigenvalue weighted by Crippen LogP contribution is 2.14. The number of hydrogen-bond acceptors (Lipinski definition) is 6. The number of rotatable bonds is 5. The average molecular weight is 450 g/mol. The summed E-state index contributed by atoms with van der Waals surface area (Å²) < 4.78 is 0. The molecule has 0 unspecified atom stereocenters. The maximum Gasteiger partial charge on any atom is 0.264 e. The Morgan fingerprint density at radius 2 is 1.52 bits per heavy atom. The molecule has 3 rings (SSSR count). The maximum atomic E-state index is 12.8. The van der Waals surface area contributed by atoms with Crippen LogP contribution in [0.5, 0.6) is 0 Å². The van der Waals surface area contributed by atoms with Crippen molar-refractivity contribution in [3.63, 3.8) is 0 Å². The summed E-state index contributed by atoms with van der Waals surface area (Å²) in [5, 5.41) is 4.92. The molecule has 1 aromatic heterocycles. The quantitative estimate of drug-likeness (QED) is 0.725. The van der Waals surface area contributed by atoms with E-state index >= 15 is 0 Å². The number of nitrogens with one attached hydrogen (secondary N) is 1. The fraction of sp³-hybridized carbons (Fsp3) is 0.682. The lowest BCUT2D eigenvalue weighted by molar-refractivity contribution is -0.134. The van der Waals surface area contributed by atoms with Gasteiger partial charge in [0.05, 0.1) is 18.0 Å². The molecule has 2 fully saturated rings. The van der Waals surface area contributed by atoms with Gasteiger partial charge >= 0.3 is 0 Å². The lowest BCUT2D eigenvalue weighted by atomic mass is 10.1. The second-order valence-electron chi connectivity index (χ2n) is 9.35. The lowest BCUT2D eigenvalue weighted by Gasteiger charge is -2.35. The van der Waals surface area contributed by atoms with E-state index in [0.29, 0.717) is 39.3 Å². The van der Waals surface area contributed by atoms with Crippen LogP contribution in [0.4, 0.5) is 0 Å². The Kier molecular flexibility index (Phi) is 8.07. The molecule has 9 heteroatoms. The molecule has 172 valence electrons. The van der Waals surface area contributed by atoms with Gasteiger partial charge in [0.1, 0.15) is 0 Å². The Bertz CT molecular complexity index is 754. The third kappa shape index (κ3) is 7.29. The zero-order valence-corrected chi connectivity index (χ0v) is 19.7.